The minimum atomic E-state index is 0.102. The molecule has 2 fully saturated rings. The third-order valence-corrected chi connectivity index (χ3v) is 6.92. The van der Waals surface area contributed by atoms with Gasteiger partial charge in [0.1, 0.15) is 0 Å². The SMILES string of the molecule is O=C(NCCCOC1CCCCC1)C1CCN(Cc2nc(-c3cccs3)no2)CC1. The van der Waals surface area contributed by atoms with Crippen LogP contribution >= 0.6 is 11.3 Å². The quantitative estimate of drug-likeness (QED) is 0.606. The van der Waals surface area contributed by atoms with E-state index >= 15 is 0 Å². The highest BCUT2D eigenvalue weighted by molar-refractivity contribution is 7.13. The van der Waals surface area contributed by atoms with Crippen molar-refractivity contribution < 1.29 is 14.1 Å². The highest BCUT2D eigenvalue weighted by Gasteiger charge is 2.26. The highest BCUT2D eigenvalue weighted by Crippen LogP contribution is 2.23. The number of ether oxygens (including phenoxy) is 1. The van der Waals surface area contributed by atoms with Gasteiger partial charge in [-0.15, -0.1) is 11.3 Å². The zero-order valence-electron chi connectivity index (χ0n) is 17.6. The Bertz CT molecular complexity index is 765. The van der Waals surface area contributed by atoms with E-state index in [-0.39, 0.29) is 11.8 Å². The van der Waals surface area contributed by atoms with Crippen molar-refractivity contribution in [2.45, 2.75) is 64.0 Å². The van der Waals surface area contributed by atoms with E-state index in [1.54, 1.807) is 11.3 Å². The number of amides is 1. The molecule has 1 aliphatic heterocycles. The summed E-state index contributed by atoms with van der Waals surface area (Å²) in [6.45, 7) is 3.85. The van der Waals surface area contributed by atoms with Gasteiger partial charge in [-0.2, -0.15) is 4.98 Å². The first-order chi connectivity index (χ1) is 14.8. The second-order valence-corrected chi connectivity index (χ2v) is 9.26. The summed E-state index contributed by atoms with van der Waals surface area (Å²) in [4.78, 5) is 20.2. The third kappa shape index (κ3) is 6.12. The van der Waals surface area contributed by atoms with E-state index in [2.05, 4.69) is 20.4 Å². The molecule has 4 rings (SSSR count). The number of hydrogen-bond donors (Lipinski definition) is 1. The molecule has 0 radical (unpaired) electrons. The van der Waals surface area contributed by atoms with Gasteiger partial charge >= 0.3 is 0 Å². The van der Waals surface area contributed by atoms with Gasteiger partial charge in [0.05, 0.1) is 17.5 Å². The summed E-state index contributed by atoms with van der Waals surface area (Å²) in [5.74, 6) is 1.58. The molecule has 8 heteroatoms. The molecule has 0 unspecified atom stereocenters. The fourth-order valence-corrected chi connectivity index (χ4v) is 4.93. The van der Waals surface area contributed by atoms with Gasteiger partial charge in [-0.3, -0.25) is 9.69 Å². The smallest absolute Gasteiger partial charge is 0.241 e. The molecular weight excluding hydrogens is 400 g/mol. The summed E-state index contributed by atoms with van der Waals surface area (Å²) in [6.07, 6.45) is 9.41. The van der Waals surface area contributed by atoms with Gasteiger partial charge in [0.2, 0.25) is 17.6 Å². The van der Waals surface area contributed by atoms with Crippen molar-refractivity contribution in [1.82, 2.24) is 20.4 Å². The second kappa shape index (κ2) is 11.0. The zero-order valence-corrected chi connectivity index (χ0v) is 18.4. The van der Waals surface area contributed by atoms with Crippen LogP contribution in [0.25, 0.3) is 10.7 Å². The molecule has 0 spiro atoms. The molecule has 2 aromatic rings. The van der Waals surface area contributed by atoms with E-state index in [9.17, 15) is 4.79 Å². The molecule has 164 valence electrons. The number of carbonyl (C=O) groups is 1. The van der Waals surface area contributed by atoms with Gasteiger partial charge in [0, 0.05) is 19.1 Å². The first-order valence-corrected chi connectivity index (χ1v) is 12.1. The Kier molecular flexibility index (Phi) is 7.88. The number of aromatic nitrogens is 2. The zero-order chi connectivity index (χ0) is 20.6. The van der Waals surface area contributed by atoms with Crippen LogP contribution in [0.5, 0.6) is 0 Å². The Labute approximate surface area is 182 Å². The van der Waals surface area contributed by atoms with Crippen LogP contribution in [0.3, 0.4) is 0 Å². The summed E-state index contributed by atoms with van der Waals surface area (Å²) in [5.41, 5.74) is 0. The topological polar surface area (TPSA) is 80.5 Å². The molecule has 2 aromatic heterocycles. The lowest BCUT2D eigenvalue weighted by atomic mass is 9.96. The molecule has 0 atom stereocenters. The summed E-state index contributed by atoms with van der Waals surface area (Å²) >= 11 is 1.60. The third-order valence-electron chi connectivity index (χ3n) is 6.05. The van der Waals surface area contributed by atoms with Gasteiger partial charge in [0.25, 0.3) is 0 Å². The number of nitrogens with one attached hydrogen (secondary N) is 1. The molecule has 1 N–H and O–H groups in total. The van der Waals surface area contributed by atoms with Crippen molar-refractivity contribution in [2.75, 3.05) is 26.2 Å². The van der Waals surface area contributed by atoms with Crippen molar-refractivity contribution in [2.24, 2.45) is 5.92 Å². The normalized spacial score (nSPS) is 19.2. The maximum atomic E-state index is 12.5. The van der Waals surface area contributed by atoms with Crippen LogP contribution in [0.2, 0.25) is 0 Å². The van der Waals surface area contributed by atoms with Crippen LogP contribution in [0, 0.1) is 5.92 Å². The van der Waals surface area contributed by atoms with Gasteiger partial charge in [-0.05, 0) is 56.6 Å². The summed E-state index contributed by atoms with van der Waals surface area (Å²) in [5, 5.41) is 9.17. The van der Waals surface area contributed by atoms with E-state index in [4.69, 9.17) is 9.26 Å². The van der Waals surface area contributed by atoms with Crippen LogP contribution in [0.1, 0.15) is 57.3 Å². The summed E-state index contributed by atoms with van der Waals surface area (Å²) in [7, 11) is 0. The molecule has 1 saturated heterocycles. The maximum Gasteiger partial charge on any atom is 0.241 e. The van der Waals surface area contributed by atoms with Crippen molar-refractivity contribution in [3.05, 3.63) is 23.4 Å². The minimum absolute atomic E-state index is 0.102. The number of hydrogen-bond acceptors (Lipinski definition) is 7. The molecule has 1 aliphatic carbocycles. The number of nitrogens with zero attached hydrogens (tertiary/aromatic N) is 3. The van der Waals surface area contributed by atoms with Crippen molar-refractivity contribution in [3.8, 4) is 10.7 Å². The van der Waals surface area contributed by atoms with E-state index in [1.807, 2.05) is 17.5 Å². The molecule has 1 saturated carbocycles. The second-order valence-electron chi connectivity index (χ2n) is 8.31. The van der Waals surface area contributed by atoms with Gasteiger partial charge in [-0.25, -0.2) is 0 Å². The van der Waals surface area contributed by atoms with Crippen molar-refractivity contribution >= 4 is 17.2 Å². The van der Waals surface area contributed by atoms with Crippen molar-refractivity contribution in [3.63, 3.8) is 0 Å². The van der Waals surface area contributed by atoms with Gasteiger partial charge in [0.15, 0.2) is 0 Å². The fraction of sp³-hybridized carbons (Fsp3) is 0.682. The van der Waals surface area contributed by atoms with Crippen LogP contribution in [0.4, 0.5) is 0 Å². The molecule has 2 aliphatic rings. The molecule has 1 amide bonds. The van der Waals surface area contributed by atoms with Gasteiger partial charge in [-0.1, -0.05) is 30.5 Å². The van der Waals surface area contributed by atoms with Crippen LogP contribution in [-0.2, 0) is 16.1 Å². The maximum absolute atomic E-state index is 12.5. The first kappa shape index (κ1) is 21.5. The Morgan fingerprint density at radius 2 is 2.07 bits per heavy atom. The van der Waals surface area contributed by atoms with Crippen LogP contribution in [-0.4, -0.2) is 53.3 Å². The highest BCUT2D eigenvalue weighted by atomic mass is 32.1. The number of piperidine rings is 1. The summed E-state index contributed by atoms with van der Waals surface area (Å²) in [6, 6.07) is 3.97. The fourth-order valence-electron chi connectivity index (χ4n) is 4.28. The summed E-state index contributed by atoms with van der Waals surface area (Å²) < 4.78 is 11.3. The Hall–Kier alpha value is -1.77. The lowest BCUT2D eigenvalue weighted by Gasteiger charge is -2.30. The Balaban J connectivity index is 1.10. The molecular formula is C22H32N4O3S. The Morgan fingerprint density at radius 3 is 2.83 bits per heavy atom. The number of carbonyl (C=O) groups excluding carboxylic acids is 1. The lowest BCUT2D eigenvalue weighted by Crippen LogP contribution is -2.40. The van der Waals surface area contributed by atoms with E-state index in [1.165, 1.54) is 32.1 Å². The molecule has 3 heterocycles. The van der Waals surface area contributed by atoms with E-state index < -0.39 is 0 Å². The molecule has 0 bridgehead atoms. The molecule has 7 nitrogen and oxygen atoms in total. The number of rotatable bonds is 9. The number of thiophene rings is 1. The monoisotopic (exact) mass is 432 g/mol. The van der Waals surface area contributed by atoms with Gasteiger partial charge < -0.3 is 14.6 Å². The number of likely N-dealkylation sites (tertiary alicyclic amines) is 1. The Morgan fingerprint density at radius 1 is 1.23 bits per heavy atom. The lowest BCUT2D eigenvalue weighted by molar-refractivity contribution is -0.126. The predicted molar refractivity (Wildman–Crippen MR) is 116 cm³/mol. The standard InChI is InChI=1S/C22H32N4O3S/c27-22(23-11-5-14-28-18-6-2-1-3-7-18)17-9-12-26(13-10-17)16-20-24-21(25-29-20)19-8-4-15-30-19/h4,8,15,17-18H,1-3,5-7,9-14,16H2,(H,23,27). The molecule has 30 heavy (non-hydrogen) atoms. The predicted octanol–water partition coefficient (Wildman–Crippen LogP) is 3.87. The first-order valence-electron chi connectivity index (χ1n) is 11.3. The van der Waals surface area contributed by atoms with Crippen LogP contribution < -0.4 is 5.32 Å². The average Bonchev–Trinajstić information content (AvgIpc) is 3.47. The average molecular weight is 433 g/mol. The van der Waals surface area contributed by atoms with Crippen LogP contribution in [0.15, 0.2) is 22.0 Å². The van der Waals surface area contributed by atoms with E-state index in [0.29, 0.717) is 30.9 Å². The van der Waals surface area contributed by atoms with E-state index in [0.717, 1.165) is 43.8 Å². The molecule has 0 aromatic carbocycles. The van der Waals surface area contributed by atoms with Crippen molar-refractivity contribution in [1.29, 1.82) is 0 Å². The minimum Gasteiger partial charge on any atom is -0.378 e. The largest absolute Gasteiger partial charge is 0.378 e.